The molecule has 0 saturated carbocycles. The third-order valence-electron chi connectivity index (χ3n) is 1.45. The first-order chi connectivity index (χ1) is 6.50. The lowest BCUT2D eigenvalue weighted by Gasteiger charge is -2.07. The Labute approximate surface area is 83.8 Å². The Hall–Kier alpha value is -1.36. The van der Waals surface area contributed by atoms with Gasteiger partial charge in [-0.3, -0.25) is 4.79 Å². The topological polar surface area (TPSA) is 55.1 Å². The summed E-state index contributed by atoms with van der Waals surface area (Å²) in [5, 5.41) is 2.22. The summed E-state index contributed by atoms with van der Waals surface area (Å²) in [4.78, 5) is 10.4. The highest BCUT2D eigenvalue weighted by atomic mass is 35.5. The first-order valence-corrected chi connectivity index (χ1v) is 4.05. The maximum absolute atomic E-state index is 13.0. The van der Waals surface area contributed by atoms with Crippen LogP contribution in [0.25, 0.3) is 0 Å². The number of rotatable bonds is 3. The lowest BCUT2D eigenvalue weighted by Crippen LogP contribution is -2.22. The molecule has 76 valence electrons. The second-order valence-corrected chi connectivity index (χ2v) is 2.97. The summed E-state index contributed by atoms with van der Waals surface area (Å²) in [5.74, 6) is -2.31. The molecule has 0 saturated heterocycles. The van der Waals surface area contributed by atoms with Crippen LogP contribution in [-0.2, 0) is 4.79 Å². The number of carbonyl (C=O) groups excluding carboxylic acids is 1. The summed E-state index contributed by atoms with van der Waals surface area (Å²) in [7, 11) is 0. The smallest absolute Gasteiger partial charge is 0.236 e. The van der Waals surface area contributed by atoms with Gasteiger partial charge in [0.1, 0.15) is 5.82 Å². The van der Waals surface area contributed by atoms with E-state index < -0.39 is 17.5 Å². The molecular formula is C8H7ClF2N2O. The van der Waals surface area contributed by atoms with Crippen molar-refractivity contribution in [2.45, 2.75) is 0 Å². The zero-order valence-electron chi connectivity index (χ0n) is 6.98. The monoisotopic (exact) mass is 220 g/mol. The molecule has 0 unspecified atom stereocenters. The molecule has 0 atom stereocenters. The van der Waals surface area contributed by atoms with Gasteiger partial charge in [0.2, 0.25) is 5.91 Å². The second kappa shape index (κ2) is 4.23. The maximum Gasteiger partial charge on any atom is 0.236 e. The normalized spacial score (nSPS) is 9.93. The fourth-order valence-electron chi connectivity index (χ4n) is 0.887. The molecule has 0 fully saturated rings. The fourth-order valence-corrected chi connectivity index (χ4v) is 1.15. The molecule has 0 radical (unpaired) electrons. The van der Waals surface area contributed by atoms with Crippen LogP contribution in [0.1, 0.15) is 0 Å². The van der Waals surface area contributed by atoms with E-state index in [0.717, 1.165) is 6.07 Å². The highest BCUT2D eigenvalue weighted by Crippen LogP contribution is 2.25. The number of hydrogen-bond donors (Lipinski definition) is 2. The van der Waals surface area contributed by atoms with E-state index in [1.54, 1.807) is 0 Å². The van der Waals surface area contributed by atoms with Crippen molar-refractivity contribution in [2.75, 3.05) is 11.9 Å². The van der Waals surface area contributed by atoms with E-state index in [4.69, 9.17) is 17.3 Å². The Balaban J connectivity index is 2.91. The molecule has 0 aliphatic rings. The highest BCUT2D eigenvalue weighted by molar-refractivity contribution is 6.33. The van der Waals surface area contributed by atoms with E-state index in [1.165, 1.54) is 0 Å². The standard InChI is InChI=1S/C8H7ClF2N2O/c9-5-1-4(10)2-6(11)8(5)13-3-7(12)14/h1-2,13H,3H2,(H2,12,14). The number of nitrogens with two attached hydrogens (primary N) is 1. The van der Waals surface area contributed by atoms with Gasteiger partial charge in [-0.05, 0) is 6.07 Å². The summed E-state index contributed by atoms with van der Waals surface area (Å²) < 4.78 is 25.6. The van der Waals surface area contributed by atoms with Crippen molar-refractivity contribution in [1.29, 1.82) is 0 Å². The molecule has 3 nitrogen and oxygen atoms in total. The van der Waals surface area contributed by atoms with E-state index in [1.807, 2.05) is 0 Å². The average Bonchev–Trinajstić information content (AvgIpc) is 2.01. The minimum absolute atomic E-state index is 0.133. The van der Waals surface area contributed by atoms with Crippen LogP contribution in [0, 0.1) is 11.6 Å². The van der Waals surface area contributed by atoms with Crippen molar-refractivity contribution < 1.29 is 13.6 Å². The van der Waals surface area contributed by atoms with Crippen LogP contribution in [0.3, 0.4) is 0 Å². The first kappa shape index (κ1) is 10.7. The predicted octanol–water partition coefficient (Wildman–Crippen LogP) is 1.52. The van der Waals surface area contributed by atoms with Gasteiger partial charge in [0.05, 0.1) is 17.3 Å². The Kier molecular flexibility index (Phi) is 3.24. The third-order valence-corrected chi connectivity index (χ3v) is 1.74. The number of hydrogen-bond acceptors (Lipinski definition) is 2. The van der Waals surface area contributed by atoms with Crippen LogP contribution in [0.4, 0.5) is 14.5 Å². The molecule has 0 aliphatic heterocycles. The number of anilines is 1. The molecule has 0 bridgehead atoms. The van der Waals surface area contributed by atoms with Crippen molar-refractivity contribution in [2.24, 2.45) is 5.73 Å². The van der Waals surface area contributed by atoms with Gasteiger partial charge in [-0.2, -0.15) is 0 Å². The summed E-state index contributed by atoms with van der Waals surface area (Å²) in [5.41, 5.74) is 4.70. The Bertz CT molecular complexity index is 347. The van der Waals surface area contributed by atoms with Crippen LogP contribution >= 0.6 is 11.6 Å². The molecule has 3 N–H and O–H groups in total. The minimum atomic E-state index is -0.865. The van der Waals surface area contributed by atoms with Crippen molar-refractivity contribution in [3.8, 4) is 0 Å². The quantitative estimate of drug-likeness (QED) is 0.812. The second-order valence-electron chi connectivity index (χ2n) is 2.56. The van der Waals surface area contributed by atoms with Crippen LogP contribution in [0.15, 0.2) is 12.1 Å². The first-order valence-electron chi connectivity index (χ1n) is 3.67. The Morgan fingerprint density at radius 1 is 1.50 bits per heavy atom. The van der Waals surface area contributed by atoms with Crippen LogP contribution in [0.2, 0.25) is 5.02 Å². The molecule has 1 rings (SSSR count). The molecule has 6 heteroatoms. The van der Waals surface area contributed by atoms with Gasteiger partial charge in [-0.15, -0.1) is 0 Å². The number of benzene rings is 1. The molecule has 0 heterocycles. The number of nitrogens with one attached hydrogen (secondary N) is 1. The number of carbonyl (C=O) groups is 1. The number of halogens is 3. The SMILES string of the molecule is NC(=O)CNc1c(F)cc(F)cc1Cl. The maximum atomic E-state index is 13.0. The van der Waals surface area contributed by atoms with E-state index in [0.29, 0.717) is 6.07 Å². The van der Waals surface area contributed by atoms with Crippen LogP contribution in [0.5, 0.6) is 0 Å². The van der Waals surface area contributed by atoms with Gasteiger partial charge in [-0.1, -0.05) is 11.6 Å². The van der Waals surface area contributed by atoms with Crippen molar-refractivity contribution in [3.63, 3.8) is 0 Å². The Morgan fingerprint density at radius 3 is 2.64 bits per heavy atom. The van der Waals surface area contributed by atoms with Gasteiger partial charge >= 0.3 is 0 Å². The fraction of sp³-hybridized carbons (Fsp3) is 0.125. The molecule has 0 aromatic heterocycles. The molecular weight excluding hydrogens is 214 g/mol. The van der Waals surface area contributed by atoms with E-state index >= 15 is 0 Å². The largest absolute Gasteiger partial charge is 0.373 e. The average molecular weight is 221 g/mol. The zero-order valence-corrected chi connectivity index (χ0v) is 7.74. The molecule has 0 spiro atoms. The van der Waals surface area contributed by atoms with Gasteiger partial charge in [0, 0.05) is 6.07 Å². The van der Waals surface area contributed by atoms with Crippen molar-refractivity contribution >= 4 is 23.2 Å². The van der Waals surface area contributed by atoms with Gasteiger partial charge in [-0.25, -0.2) is 8.78 Å². The molecule has 14 heavy (non-hydrogen) atoms. The molecule has 0 aliphatic carbocycles. The molecule has 1 aromatic carbocycles. The summed E-state index contributed by atoms with van der Waals surface area (Å²) in [6, 6.07) is 1.60. The van der Waals surface area contributed by atoms with Crippen molar-refractivity contribution in [3.05, 3.63) is 28.8 Å². The van der Waals surface area contributed by atoms with E-state index in [2.05, 4.69) is 5.32 Å². The minimum Gasteiger partial charge on any atom is -0.373 e. The number of amides is 1. The highest BCUT2D eigenvalue weighted by Gasteiger charge is 2.09. The van der Waals surface area contributed by atoms with E-state index in [-0.39, 0.29) is 17.3 Å². The number of primary amides is 1. The van der Waals surface area contributed by atoms with Gasteiger partial charge in [0.15, 0.2) is 5.82 Å². The summed E-state index contributed by atoms with van der Waals surface area (Å²) in [6.07, 6.45) is 0. The molecule has 1 aromatic rings. The third kappa shape index (κ3) is 2.56. The van der Waals surface area contributed by atoms with E-state index in [9.17, 15) is 13.6 Å². The van der Waals surface area contributed by atoms with Crippen LogP contribution < -0.4 is 11.1 Å². The molecule has 1 amide bonds. The van der Waals surface area contributed by atoms with Gasteiger partial charge in [0.25, 0.3) is 0 Å². The van der Waals surface area contributed by atoms with Gasteiger partial charge < -0.3 is 11.1 Å². The lowest BCUT2D eigenvalue weighted by molar-refractivity contribution is -0.116. The Morgan fingerprint density at radius 2 is 2.14 bits per heavy atom. The summed E-state index contributed by atoms with van der Waals surface area (Å²) >= 11 is 5.52. The van der Waals surface area contributed by atoms with Crippen LogP contribution in [-0.4, -0.2) is 12.5 Å². The zero-order chi connectivity index (χ0) is 10.7. The summed E-state index contributed by atoms with van der Waals surface area (Å²) in [6.45, 7) is -0.262. The lowest BCUT2D eigenvalue weighted by atomic mass is 10.3. The predicted molar refractivity (Wildman–Crippen MR) is 49.1 cm³/mol. The van der Waals surface area contributed by atoms with Crippen molar-refractivity contribution in [1.82, 2.24) is 0 Å².